The topological polar surface area (TPSA) is 95.9 Å². The van der Waals surface area contributed by atoms with Gasteiger partial charge in [0.2, 0.25) is 0 Å². The number of thioether (sulfide) groups is 1. The summed E-state index contributed by atoms with van der Waals surface area (Å²) in [6.07, 6.45) is 6.34. The van der Waals surface area contributed by atoms with Crippen LogP contribution in [-0.4, -0.2) is 61.1 Å². The predicted octanol–water partition coefficient (Wildman–Crippen LogP) is 1.88. The maximum atomic E-state index is 11.2. The molecule has 1 saturated heterocycles. The summed E-state index contributed by atoms with van der Waals surface area (Å²) < 4.78 is 5.35. The van der Waals surface area contributed by atoms with Crippen molar-refractivity contribution in [1.82, 2.24) is 15.5 Å². The molecule has 1 aromatic heterocycles. The Kier molecular flexibility index (Phi) is 10.8. The fourth-order valence-corrected chi connectivity index (χ4v) is 2.87. The van der Waals surface area contributed by atoms with Gasteiger partial charge in [0.25, 0.3) is 0 Å². The smallest absolute Gasteiger partial charge is 0.314 e. The Hall–Kier alpha value is -1.10. The van der Waals surface area contributed by atoms with Gasteiger partial charge in [0, 0.05) is 37.8 Å². The number of piperidine rings is 1. The van der Waals surface area contributed by atoms with Crippen LogP contribution in [0.5, 0.6) is 0 Å². The number of nitrogens with one attached hydrogen (secondary N) is 2. The third-order valence-corrected chi connectivity index (χ3v) is 4.55. The van der Waals surface area contributed by atoms with Crippen molar-refractivity contribution in [2.45, 2.75) is 25.3 Å². The maximum Gasteiger partial charge on any atom is 0.314 e. The predicted molar refractivity (Wildman–Crippen MR) is 114 cm³/mol. The van der Waals surface area contributed by atoms with Gasteiger partial charge >= 0.3 is 6.03 Å². The van der Waals surface area contributed by atoms with Gasteiger partial charge in [-0.15, -0.1) is 24.0 Å². The molecule has 0 radical (unpaired) electrons. The van der Waals surface area contributed by atoms with Gasteiger partial charge < -0.3 is 25.7 Å². The molecule has 0 saturated carbocycles. The van der Waals surface area contributed by atoms with Crippen molar-refractivity contribution in [2.24, 2.45) is 10.7 Å². The zero-order valence-corrected chi connectivity index (χ0v) is 17.7. The van der Waals surface area contributed by atoms with E-state index in [0.717, 1.165) is 49.8 Å². The summed E-state index contributed by atoms with van der Waals surface area (Å²) in [5.41, 5.74) is 5.33. The molecule has 142 valence electrons. The minimum absolute atomic E-state index is 0. The van der Waals surface area contributed by atoms with Gasteiger partial charge in [-0.3, -0.25) is 4.99 Å². The molecule has 0 aliphatic carbocycles. The van der Waals surface area contributed by atoms with Crippen LogP contribution >= 0.6 is 35.7 Å². The van der Waals surface area contributed by atoms with Crippen molar-refractivity contribution in [2.75, 3.05) is 38.2 Å². The first kappa shape index (κ1) is 21.9. The number of amides is 2. The minimum Gasteiger partial charge on any atom is -0.469 e. The lowest BCUT2D eigenvalue weighted by Gasteiger charge is -2.32. The number of furan rings is 1. The van der Waals surface area contributed by atoms with Crippen LogP contribution in [0.25, 0.3) is 0 Å². The maximum absolute atomic E-state index is 11.2. The zero-order chi connectivity index (χ0) is 17.2. The Bertz CT molecular complexity index is 519. The summed E-state index contributed by atoms with van der Waals surface area (Å²) >= 11 is 1.78. The molecular formula is C16H28IN5O2S. The number of nitrogens with zero attached hydrogens (tertiary/aromatic N) is 2. The third-order valence-electron chi connectivity index (χ3n) is 3.96. The number of nitrogens with two attached hydrogens (primary N) is 1. The number of hydrogen-bond donors (Lipinski definition) is 3. The minimum atomic E-state index is -0.334. The highest BCUT2D eigenvalue weighted by atomic mass is 127. The molecule has 0 unspecified atom stereocenters. The molecule has 0 aromatic carbocycles. The summed E-state index contributed by atoms with van der Waals surface area (Å²) in [6, 6.07) is 3.84. The molecule has 25 heavy (non-hydrogen) atoms. The van der Waals surface area contributed by atoms with Crippen molar-refractivity contribution < 1.29 is 9.21 Å². The van der Waals surface area contributed by atoms with E-state index in [9.17, 15) is 4.79 Å². The van der Waals surface area contributed by atoms with Gasteiger partial charge in [0.15, 0.2) is 5.96 Å². The van der Waals surface area contributed by atoms with Crippen LogP contribution in [0.15, 0.2) is 27.8 Å². The first-order valence-electron chi connectivity index (χ1n) is 8.29. The molecule has 1 fully saturated rings. The summed E-state index contributed by atoms with van der Waals surface area (Å²) in [7, 11) is 0. The third kappa shape index (κ3) is 8.21. The molecular weight excluding hydrogens is 453 g/mol. The molecule has 1 aliphatic heterocycles. The zero-order valence-electron chi connectivity index (χ0n) is 14.6. The van der Waals surface area contributed by atoms with Gasteiger partial charge in [0.1, 0.15) is 5.76 Å². The molecule has 1 aliphatic rings. The number of primary amides is 1. The molecule has 0 bridgehead atoms. The lowest BCUT2D eigenvalue weighted by atomic mass is 10.1. The van der Waals surface area contributed by atoms with E-state index in [-0.39, 0.29) is 30.0 Å². The van der Waals surface area contributed by atoms with E-state index in [2.05, 4.69) is 21.9 Å². The molecule has 2 rings (SSSR count). The molecule has 1 aromatic rings. The second kappa shape index (κ2) is 12.3. The van der Waals surface area contributed by atoms with Gasteiger partial charge in [-0.2, -0.15) is 11.8 Å². The van der Waals surface area contributed by atoms with Crippen molar-refractivity contribution in [1.29, 1.82) is 0 Å². The lowest BCUT2D eigenvalue weighted by molar-refractivity contribution is 0.188. The first-order chi connectivity index (χ1) is 11.7. The number of carbonyl (C=O) groups excluding carboxylic acids is 1. The van der Waals surface area contributed by atoms with Gasteiger partial charge in [-0.05, 0) is 31.2 Å². The molecule has 7 nitrogen and oxygen atoms in total. The number of carbonyl (C=O) groups is 1. The van der Waals surface area contributed by atoms with Crippen LogP contribution in [0, 0.1) is 0 Å². The monoisotopic (exact) mass is 481 g/mol. The number of guanidine groups is 1. The van der Waals surface area contributed by atoms with Gasteiger partial charge in [-0.1, -0.05) is 0 Å². The summed E-state index contributed by atoms with van der Waals surface area (Å²) in [6.45, 7) is 2.92. The Morgan fingerprint density at radius 3 is 2.84 bits per heavy atom. The fraction of sp³-hybridized carbons (Fsp3) is 0.625. The molecule has 9 heteroatoms. The van der Waals surface area contributed by atoms with Crippen molar-refractivity contribution in [3.63, 3.8) is 0 Å². The molecule has 0 atom stereocenters. The van der Waals surface area contributed by atoms with E-state index >= 15 is 0 Å². The SMILES string of the molecule is CSCCN=C(NCCc1ccco1)NC1CCN(C(N)=O)CC1.I. The highest BCUT2D eigenvalue weighted by Crippen LogP contribution is 2.09. The van der Waals surface area contributed by atoms with E-state index in [1.165, 1.54) is 0 Å². The van der Waals surface area contributed by atoms with Crippen molar-refractivity contribution in [3.05, 3.63) is 24.2 Å². The van der Waals surface area contributed by atoms with E-state index in [4.69, 9.17) is 10.2 Å². The molecule has 0 spiro atoms. The number of aliphatic imine (C=N–C) groups is 1. The van der Waals surface area contributed by atoms with Crippen LogP contribution < -0.4 is 16.4 Å². The van der Waals surface area contributed by atoms with Crippen LogP contribution in [0.1, 0.15) is 18.6 Å². The molecule has 2 heterocycles. The highest BCUT2D eigenvalue weighted by Gasteiger charge is 2.21. The summed E-state index contributed by atoms with van der Waals surface area (Å²) in [4.78, 5) is 17.5. The highest BCUT2D eigenvalue weighted by molar-refractivity contribution is 14.0. The summed E-state index contributed by atoms with van der Waals surface area (Å²) in [5.74, 6) is 2.78. The normalized spacial score (nSPS) is 15.6. The van der Waals surface area contributed by atoms with Crippen LogP contribution in [-0.2, 0) is 6.42 Å². The van der Waals surface area contributed by atoms with E-state index in [1.807, 2.05) is 12.1 Å². The van der Waals surface area contributed by atoms with Crippen molar-refractivity contribution >= 4 is 47.7 Å². The standard InChI is InChI=1S/C16H27N5O2S.HI/c1-24-12-8-19-16(18-7-4-14-3-2-11-23-14)20-13-5-9-21(10-6-13)15(17)22;/h2-3,11,13H,4-10,12H2,1H3,(H2,17,22)(H2,18,19,20);1H. The summed E-state index contributed by atoms with van der Waals surface area (Å²) in [5, 5.41) is 6.84. The number of halogens is 1. The number of rotatable bonds is 7. The van der Waals surface area contributed by atoms with E-state index in [0.29, 0.717) is 19.1 Å². The lowest BCUT2D eigenvalue weighted by Crippen LogP contribution is -2.51. The first-order valence-corrected chi connectivity index (χ1v) is 9.69. The van der Waals surface area contributed by atoms with Crippen LogP contribution in [0.2, 0.25) is 0 Å². The Balaban J connectivity index is 0.00000312. The Morgan fingerprint density at radius 2 is 2.24 bits per heavy atom. The Morgan fingerprint density at radius 1 is 1.48 bits per heavy atom. The Labute approximate surface area is 170 Å². The number of hydrogen-bond acceptors (Lipinski definition) is 4. The van der Waals surface area contributed by atoms with Crippen LogP contribution in [0.4, 0.5) is 4.79 Å². The molecule has 4 N–H and O–H groups in total. The quantitative estimate of drug-likeness (QED) is 0.239. The average molecular weight is 481 g/mol. The van der Waals surface area contributed by atoms with E-state index in [1.54, 1.807) is 22.9 Å². The second-order valence-electron chi connectivity index (χ2n) is 5.72. The number of likely N-dealkylation sites (tertiary alicyclic amines) is 1. The fourth-order valence-electron chi connectivity index (χ4n) is 2.60. The molecule has 2 amide bonds. The van der Waals surface area contributed by atoms with Gasteiger partial charge in [-0.25, -0.2) is 4.79 Å². The number of urea groups is 1. The van der Waals surface area contributed by atoms with Crippen LogP contribution in [0.3, 0.4) is 0 Å². The second-order valence-corrected chi connectivity index (χ2v) is 6.71. The van der Waals surface area contributed by atoms with Crippen molar-refractivity contribution in [3.8, 4) is 0 Å². The van der Waals surface area contributed by atoms with E-state index < -0.39 is 0 Å². The van der Waals surface area contributed by atoms with Gasteiger partial charge in [0.05, 0.1) is 12.8 Å². The average Bonchev–Trinajstić information content (AvgIpc) is 3.09. The largest absolute Gasteiger partial charge is 0.469 e.